The van der Waals surface area contributed by atoms with Gasteiger partial charge in [0.1, 0.15) is 17.0 Å². The highest BCUT2D eigenvalue weighted by Crippen LogP contribution is 2.22. The van der Waals surface area contributed by atoms with E-state index >= 15 is 0 Å². The van der Waals surface area contributed by atoms with Crippen LogP contribution in [0.5, 0.6) is 0 Å². The Morgan fingerprint density at radius 1 is 1.17 bits per heavy atom. The standard InChI is InChI=1S/C8H8N8O2.C5H5N/c9-12-7(17)4-5(3-1-2-11-14-3)15-16-6(4)8(18)13-10;1-2-4-6-5-3-1/h1-2,9H,10H2,(H,11,14)(H,13,18)(H,15,16);1-5H. The van der Waals surface area contributed by atoms with Crippen molar-refractivity contribution in [1.82, 2.24) is 30.8 Å². The number of carbonyl (C=O) groups is 2. The monoisotopic (exact) mass is 327 g/mol. The Labute approximate surface area is 135 Å². The highest BCUT2D eigenvalue weighted by atomic mass is 16.2. The Bertz CT molecular complexity index is 785. The van der Waals surface area contributed by atoms with E-state index in [0.717, 1.165) is 0 Å². The average molecular weight is 327 g/mol. The molecule has 11 heteroatoms. The molecule has 0 radical (unpaired) electrons. The number of nitrogens with zero attached hydrogens (tertiary/aromatic N) is 4. The Morgan fingerprint density at radius 2 is 1.92 bits per heavy atom. The molecular formula is C13H13N9O2. The van der Waals surface area contributed by atoms with Crippen LogP contribution in [0.1, 0.15) is 20.8 Å². The van der Waals surface area contributed by atoms with E-state index < -0.39 is 11.8 Å². The fourth-order valence-corrected chi connectivity index (χ4v) is 1.74. The van der Waals surface area contributed by atoms with Crippen molar-refractivity contribution in [2.24, 2.45) is 11.0 Å². The minimum atomic E-state index is -0.910. The smallest absolute Gasteiger partial charge is 0.289 e. The average Bonchev–Trinajstić information content (AvgIpc) is 3.31. The van der Waals surface area contributed by atoms with Gasteiger partial charge in [-0.2, -0.15) is 10.2 Å². The van der Waals surface area contributed by atoms with E-state index in [0.29, 0.717) is 5.69 Å². The van der Waals surface area contributed by atoms with E-state index in [9.17, 15) is 9.59 Å². The van der Waals surface area contributed by atoms with Crippen molar-refractivity contribution in [2.45, 2.75) is 0 Å². The van der Waals surface area contributed by atoms with Gasteiger partial charge in [0, 0.05) is 18.6 Å². The van der Waals surface area contributed by atoms with Crippen LogP contribution < -0.4 is 11.3 Å². The topological polar surface area (TPSA) is 179 Å². The Morgan fingerprint density at radius 3 is 2.38 bits per heavy atom. The first-order valence-corrected chi connectivity index (χ1v) is 6.54. The lowest BCUT2D eigenvalue weighted by atomic mass is 10.1. The van der Waals surface area contributed by atoms with Crippen LogP contribution >= 0.6 is 0 Å². The van der Waals surface area contributed by atoms with Crippen LogP contribution in [0.3, 0.4) is 0 Å². The predicted molar refractivity (Wildman–Crippen MR) is 81.5 cm³/mol. The van der Waals surface area contributed by atoms with Gasteiger partial charge in [-0.3, -0.25) is 30.2 Å². The molecule has 0 aliphatic rings. The fourth-order valence-electron chi connectivity index (χ4n) is 1.74. The maximum Gasteiger partial charge on any atom is 0.299 e. The molecule has 3 heterocycles. The molecule has 6 N–H and O–H groups in total. The normalized spacial score (nSPS) is 9.54. The third-order valence-electron chi connectivity index (χ3n) is 2.76. The first-order valence-electron chi connectivity index (χ1n) is 6.54. The Kier molecular flexibility index (Phi) is 5.58. The summed E-state index contributed by atoms with van der Waals surface area (Å²) in [6.07, 6.45) is 4.96. The first kappa shape index (κ1) is 16.6. The molecule has 0 spiro atoms. The lowest BCUT2D eigenvalue weighted by Crippen LogP contribution is -2.31. The van der Waals surface area contributed by atoms with Crippen molar-refractivity contribution < 1.29 is 9.59 Å². The van der Waals surface area contributed by atoms with E-state index in [-0.39, 0.29) is 17.0 Å². The molecule has 0 aliphatic heterocycles. The molecule has 3 aromatic rings. The van der Waals surface area contributed by atoms with Gasteiger partial charge in [0.05, 0.1) is 5.69 Å². The number of rotatable bonds is 3. The number of amides is 2. The molecule has 0 fully saturated rings. The first-order chi connectivity index (χ1) is 11.7. The predicted octanol–water partition coefficient (Wildman–Crippen LogP) is 0.656. The van der Waals surface area contributed by atoms with E-state index in [1.807, 2.05) is 23.6 Å². The molecule has 0 unspecified atom stereocenters. The molecule has 3 rings (SSSR count). The number of nitrogens with one attached hydrogen (secondary N) is 4. The van der Waals surface area contributed by atoms with Crippen molar-refractivity contribution in [3.8, 4) is 11.4 Å². The van der Waals surface area contributed by atoms with Crippen LogP contribution in [0.2, 0.25) is 0 Å². The van der Waals surface area contributed by atoms with Gasteiger partial charge in [0.15, 0.2) is 0 Å². The summed E-state index contributed by atoms with van der Waals surface area (Å²) in [7, 11) is 0. The molecule has 0 atom stereocenters. The van der Waals surface area contributed by atoms with E-state index in [1.165, 1.54) is 6.20 Å². The van der Waals surface area contributed by atoms with Gasteiger partial charge < -0.3 is 0 Å². The molecule has 11 nitrogen and oxygen atoms in total. The number of nitrogen functional groups attached to an aromatic ring is 1. The maximum absolute atomic E-state index is 11.6. The van der Waals surface area contributed by atoms with Crippen molar-refractivity contribution in [1.29, 1.82) is 5.53 Å². The zero-order chi connectivity index (χ0) is 17.4. The summed E-state index contributed by atoms with van der Waals surface area (Å²) in [6.45, 7) is 0. The summed E-state index contributed by atoms with van der Waals surface area (Å²) in [5.41, 5.74) is 8.87. The van der Waals surface area contributed by atoms with Crippen LogP contribution in [0.15, 0.2) is 48.0 Å². The summed E-state index contributed by atoms with van der Waals surface area (Å²) in [4.78, 5) is 26.8. The van der Waals surface area contributed by atoms with Crippen LogP contribution in [0, 0.1) is 5.53 Å². The summed E-state index contributed by atoms with van der Waals surface area (Å²) in [5.74, 6) is 3.34. The van der Waals surface area contributed by atoms with E-state index in [4.69, 9.17) is 11.4 Å². The molecule has 3 aromatic heterocycles. The van der Waals surface area contributed by atoms with Gasteiger partial charge >= 0.3 is 0 Å². The Hall–Kier alpha value is -3.73. The van der Waals surface area contributed by atoms with Gasteiger partial charge in [-0.1, -0.05) is 6.07 Å². The number of aromatic nitrogens is 5. The number of hydrogen-bond donors (Lipinski definition) is 5. The second-order valence-electron chi connectivity index (χ2n) is 4.21. The third-order valence-corrected chi connectivity index (χ3v) is 2.76. The number of hydrogen-bond acceptors (Lipinski definition) is 7. The van der Waals surface area contributed by atoms with Crippen molar-refractivity contribution in [3.05, 3.63) is 54.1 Å². The lowest BCUT2D eigenvalue weighted by Gasteiger charge is -1.98. The van der Waals surface area contributed by atoms with Crippen molar-refractivity contribution in [2.75, 3.05) is 0 Å². The summed E-state index contributed by atoms with van der Waals surface area (Å²) < 4.78 is 0. The molecule has 0 bridgehead atoms. The van der Waals surface area contributed by atoms with Gasteiger partial charge in [0.25, 0.3) is 11.8 Å². The second kappa shape index (κ2) is 8.05. The lowest BCUT2D eigenvalue weighted by molar-refractivity contribution is 0.0930. The number of nitrogens with two attached hydrogens (primary N) is 1. The van der Waals surface area contributed by atoms with Crippen LogP contribution in [0.4, 0.5) is 0 Å². The number of aromatic amines is 2. The molecule has 0 saturated heterocycles. The van der Waals surface area contributed by atoms with Crippen LogP contribution in [-0.4, -0.2) is 37.2 Å². The second-order valence-corrected chi connectivity index (χ2v) is 4.21. The summed E-state index contributed by atoms with van der Waals surface area (Å²) in [6, 6.07) is 7.27. The highest BCUT2D eigenvalue weighted by Gasteiger charge is 2.25. The fraction of sp³-hybridized carbons (Fsp3) is 0. The Balaban J connectivity index is 0.000000292. The largest absolute Gasteiger partial charge is 0.299 e. The number of H-pyrrole nitrogens is 2. The molecule has 2 amide bonds. The summed E-state index contributed by atoms with van der Waals surface area (Å²) >= 11 is 0. The number of carbonyl (C=O) groups excluding carboxylic acids is 2. The van der Waals surface area contributed by atoms with Gasteiger partial charge in [-0.05, 0) is 18.2 Å². The van der Waals surface area contributed by atoms with Crippen LogP contribution in [0.25, 0.3) is 11.4 Å². The molecule has 0 aromatic carbocycles. The summed E-state index contributed by atoms with van der Waals surface area (Å²) in [5, 5.41) is 15.3. The zero-order valence-electron chi connectivity index (χ0n) is 12.2. The van der Waals surface area contributed by atoms with Crippen molar-refractivity contribution in [3.63, 3.8) is 0 Å². The SMILES string of the molecule is N=NC(=O)c1c(-c2ccn[nH]2)n[nH]c1C(=O)NN.c1ccncc1. The molecule has 0 aliphatic carbocycles. The molecule has 0 saturated carbocycles. The van der Waals surface area contributed by atoms with Crippen molar-refractivity contribution >= 4 is 11.8 Å². The molecular weight excluding hydrogens is 314 g/mol. The van der Waals surface area contributed by atoms with E-state index in [1.54, 1.807) is 18.5 Å². The van der Waals surface area contributed by atoms with Gasteiger partial charge in [-0.25, -0.2) is 11.4 Å². The molecule has 122 valence electrons. The number of hydrazine groups is 1. The minimum Gasteiger partial charge on any atom is -0.289 e. The molecule has 24 heavy (non-hydrogen) atoms. The minimum absolute atomic E-state index is 0.141. The highest BCUT2D eigenvalue weighted by molar-refractivity contribution is 6.09. The third kappa shape index (κ3) is 3.72. The zero-order valence-corrected chi connectivity index (χ0v) is 12.2. The quantitative estimate of drug-likeness (QED) is 0.204. The van der Waals surface area contributed by atoms with E-state index in [2.05, 4.69) is 30.5 Å². The van der Waals surface area contributed by atoms with Gasteiger partial charge in [-0.15, -0.1) is 5.11 Å². The van der Waals surface area contributed by atoms with Gasteiger partial charge in [0.2, 0.25) is 0 Å². The maximum atomic E-state index is 11.6. The number of pyridine rings is 1. The van der Waals surface area contributed by atoms with Crippen LogP contribution in [-0.2, 0) is 0 Å².